The van der Waals surface area contributed by atoms with Crippen LogP contribution in [0.15, 0.2) is 30.6 Å². The zero-order valence-corrected chi connectivity index (χ0v) is 15.6. The standard InChI is InChI=1S/C19H18N6O3/c1-19(2,3)28-16(26)10-25-14-5-4-11(6-13(14)17(24-25)18(21)27)12-8-22-15(7-20)23-9-12/h4-6,8-9H,10H2,1-3H3,(H2,21,27). The molecule has 0 fully saturated rings. The molecule has 9 nitrogen and oxygen atoms in total. The number of hydrogen-bond acceptors (Lipinski definition) is 7. The predicted octanol–water partition coefficient (Wildman–Crippen LogP) is 1.81. The number of ether oxygens (including phenoxy) is 1. The van der Waals surface area contributed by atoms with Gasteiger partial charge in [-0.15, -0.1) is 0 Å². The van der Waals surface area contributed by atoms with Crippen LogP contribution in [0.2, 0.25) is 0 Å². The number of carbonyl (C=O) groups is 2. The Morgan fingerprint density at radius 1 is 1.21 bits per heavy atom. The summed E-state index contributed by atoms with van der Waals surface area (Å²) in [5.74, 6) is -1.12. The van der Waals surface area contributed by atoms with Crippen LogP contribution in [-0.4, -0.2) is 37.2 Å². The molecular weight excluding hydrogens is 360 g/mol. The second-order valence-electron chi connectivity index (χ2n) is 7.10. The van der Waals surface area contributed by atoms with Gasteiger partial charge in [-0.3, -0.25) is 14.3 Å². The maximum absolute atomic E-state index is 12.2. The van der Waals surface area contributed by atoms with E-state index in [1.54, 1.807) is 39.0 Å². The first-order chi connectivity index (χ1) is 13.2. The molecule has 0 aliphatic heterocycles. The van der Waals surface area contributed by atoms with Crippen LogP contribution in [0, 0.1) is 11.3 Å². The molecule has 28 heavy (non-hydrogen) atoms. The number of fused-ring (bicyclic) bond motifs is 1. The van der Waals surface area contributed by atoms with Gasteiger partial charge in [0.25, 0.3) is 5.91 Å². The van der Waals surface area contributed by atoms with E-state index in [1.165, 1.54) is 17.1 Å². The quantitative estimate of drug-likeness (QED) is 0.683. The number of aromatic nitrogens is 4. The van der Waals surface area contributed by atoms with Gasteiger partial charge in [-0.1, -0.05) is 6.07 Å². The molecule has 0 unspecified atom stereocenters. The third-order valence-corrected chi connectivity index (χ3v) is 3.77. The number of nitrogens with two attached hydrogens (primary N) is 1. The van der Waals surface area contributed by atoms with Crippen molar-refractivity contribution in [1.82, 2.24) is 19.7 Å². The number of nitriles is 1. The number of hydrogen-bond donors (Lipinski definition) is 1. The highest BCUT2D eigenvalue weighted by molar-refractivity contribution is 6.05. The van der Waals surface area contributed by atoms with E-state index in [9.17, 15) is 9.59 Å². The number of nitrogens with zero attached hydrogens (tertiary/aromatic N) is 5. The largest absolute Gasteiger partial charge is 0.459 e. The van der Waals surface area contributed by atoms with Crippen molar-refractivity contribution in [3.05, 3.63) is 42.1 Å². The molecule has 0 bridgehead atoms. The van der Waals surface area contributed by atoms with E-state index in [2.05, 4.69) is 15.1 Å². The average molecular weight is 378 g/mol. The van der Waals surface area contributed by atoms with Crippen LogP contribution in [0.1, 0.15) is 37.1 Å². The molecule has 3 aromatic rings. The molecule has 1 amide bonds. The summed E-state index contributed by atoms with van der Waals surface area (Å²) < 4.78 is 6.71. The summed E-state index contributed by atoms with van der Waals surface area (Å²) in [4.78, 5) is 31.9. The fourth-order valence-electron chi connectivity index (χ4n) is 2.69. The molecule has 9 heteroatoms. The molecule has 0 spiro atoms. The first-order valence-corrected chi connectivity index (χ1v) is 8.42. The minimum absolute atomic E-state index is 0.0509. The van der Waals surface area contributed by atoms with Crippen LogP contribution in [0.3, 0.4) is 0 Å². The Bertz CT molecular complexity index is 1100. The molecule has 2 heterocycles. The van der Waals surface area contributed by atoms with E-state index in [0.717, 1.165) is 5.56 Å². The Balaban J connectivity index is 2.03. The highest BCUT2D eigenvalue weighted by Gasteiger charge is 2.21. The van der Waals surface area contributed by atoms with Crippen molar-refractivity contribution in [3.63, 3.8) is 0 Å². The summed E-state index contributed by atoms with van der Waals surface area (Å²) >= 11 is 0. The number of primary amides is 1. The van der Waals surface area contributed by atoms with Crippen LogP contribution in [0.4, 0.5) is 0 Å². The first-order valence-electron chi connectivity index (χ1n) is 8.42. The van der Waals surface area contributed by atoms with Crippen molar-refractivity contribution < 1.29 is 14.3 Å². The Kier molecular flexibility index (Phi) is 4.79. The third kappa shape index (κ3) is 3.96. The summed E-state index contributed by atoms with van der Waals surface area (Å²) in [5, 5.41) is 13.5. The minimum atomic E-state index is -0.707. The third-order valence-electron chi connectivity index (χ3n) is 3.77. The van der Waals surface area contributed by atoms with E-state index in [0.29, 0.717) is 16.5 Å². The molecule has 0 saturated heterocycles. The van der Waals surface area contributed by atoms with Gasteiger partial charge < -0.3 is 10.5 Å². The molecule has 0 atom stereocenters. The summed E-state index contributed by atoms with van der Waals surface area (Å²) in [6.07, 6.45) is 3.03. The highest BCUT2D eigenvalue weighted by atomic mass is 16.6. The second-order valence-corrected chi connectivity index (χ2v) is 7.10. The number of rotatable bonds is 4. The number of esters is 1. The van der Waals surface area contributed by atoms with Crippen molar-refractivity contribution in [1.29, 1.82) is 5.26 Å². The topological polar surface area (TPSA) is 137 Å². The molecular formula is C19H18N6O3. The Labute approximate surface area is 160 Å². The number of benzene rings is 1. The van der Waals surface area contributed by atoms with Crippen molar-refractivity contribution in [3.8, 4) is 17.2 Å². The van der Waals surface area contributed by atoms with Gasteiger partial charge in [0.2, 0.25) is 5.82 Å². The van der Waals surface area contributed by atoms with Crippen LogP contribution < -0.4 is 5.73 Å². The van der Waals surface area contributed by atoms with Crippen LogP contribution >= 0.6 is 0 Å². The van der Waals surface area contributed by atoms with Gasteiger partial charge in [-0.25, -0.2) is 9.97 Å². The number of amides is 1. The molecule has 0 saturated carbocycles. The molecule has 3 rings (SSSR count). The van der Waals surface area contributed by atoms with E-state index < -0.39 is 17.5 Å². The molecule has 0 radical (unpaired) electrons. The fraction of sp³-hybridized carbons (Fsp3) is 0.263. The summed E-state index contributed by atoms with van der Waals surface area (Å²) in [5.41, 5.74) is 6.83. The number of carbonyl (C=O) groups excluding carboxylic acids is 2. The maximum atomic E-state index is 12.2. The van der Waals surface area contributed by atoms with E-state index in [-0.39, 0.29) is 18.1 Å². The molecule has 142 valence electrons. The van der Waals surface area contributed by atoms with Crippen LogP contribution in [0.5, 0.6) is 0 Å². The van der Waals surface area contributed by atoms with Crippen LogP contribution in [-0.2, 0) is 16.1 Å². The SMILES string of the molecule is CC(C)(C)OC(=O)Cn1nc(C(N)=O)c2cc(-c3cnc(C#N)nc3)ccc21. The normalized spacial score (nSPS) is 11.2. The molecule has 2 aromatic heterocycles. The van der Waals surface area contributed by atoms with Gasteiger partial charge in [0.05, 0.1) is 5.52 Å². The smallest absolute Gasteiger partial charge is 0.328 e. The van der Waals surface area contributed by atoms with Gasteiger partial charge in [-0.05, 0) is 38.5 Å². The molecule has 0 aliphatic carbocycles. The van der Waals surface area contributed by atoms with E-state index >= 15 is 0 Å². The van der Waals surface area contributed by atoms with E-state index in [1.807, 2.05) is 6.07 Å². The Morgan fingerprint density at radius 2 is 1.89 bits per heavy atom. The predicted molar refractivity (Wildman–Crippen MR) is 99.8 cm³/mol. The Hall–Kier alpha value is -3.80. The molecule has 1 aromatic carbocycles. The van der Waals surface area contributed by atoms with Crippen molar-refractivity contribution >= 4 is 22.8 Å². The van der Waals surface area contributed by atoms with E-state index in [4.69, 9.17) is 15.7 Å². The highest BCUT2D eigenvalue weighted by Crippen LogP contribution is 2.26. The first kappa shape index (κ1) is 19.0. The van der Waals surface area contributed by atoms with Gasteiger partial charge in [0.15, 0.2) is 5.69 Å². The summed E-state index contributed by atoms with van der Waals surface area (Å²) in [6.45, 7) is 5.16. The maximum Gasteiger partial charge on any atom is 0.328 e. The average Bonchev–Trinajstić information content (AvgIpc) is 2.98. The lowest BCUT2D eigenvalue weighted by atomic mass is 10.1. The lowest BCUT2D eigenvalue weighted by Gasteiger charge is -2.19. The van der Waals surface area contributed by atoms with Gasteiger partial charge in [0.1, 0.15) is 18.2 Å². The van der Waals surface area contributed by atoms with Crippen molar-refractivity contribution in [2.75, 3.05) is 0 Å². The lowest BCUT2D eigenvalue weighted by molar-refractivity contribution is -0.155. The van der Waals surface area contributed by atoms with Gasteiger partial charge in [-0.2, -0.15) is 10.4 Å². The van der Waals surface area contributed by atoms with Gasteiger partial charge >= 0.3 is 5.97 Å². The second kappa shape index (κ2) is 7.08. The zero-order chi connectivity index (χ0) is 20.5. The lowest BCUT2D eigenvalue weighted by Crippen LogP contribution is -2.27. The summed E-state index contributed by atoms with van der Waals surface area (Å²) in [6, 6.07) is 7.09. The van der Waals surface area contributed by atoms with Crippen LogP contribution in [0.25, 0.3) is 22.0 Å². The molecule has 2 N–H and O–H groups in total. The zero-order valence-electron chi connectivity index (χ0n) is 15.6. The Morgan fingerprint density at radius 3 is 2.46 bits per heavy atom. The monoisotopic (exact) mass is 378 g/mol. The molecule has 0 aliphatic rings. The summed E-state index contributed by atoms with van der Waals surface area (Å²) in [7, 11) is 0. The van der Waals surface area contributed by atoms with Crippen molar-refractivity contribution in [2.24, 2.45) is 5.73 Å². The minimum Gasteiger partial charge on any atom is -0.459 e. The fourth-order valence-corrected chi connectivity index (χ4v) is 2.69. The van der Waals surface area contributed by atoms with Crippen molar-refractivity contribution in [2.45, 2.75) is 32.9 Å². The van der Waals surface area contributed by atoms with Gasteiger partial charge in [0, 0.05) is 23.3 Å².